The first-order valence-electron chi connectivity index (χ1n) is 7.78. The van der Waals surface area contributed by atoms with E-state index in [2.05, 4.69) is 62.1 Å². The standard InChI is InChI=1S/C19H14N4S/c1-2-13-8-15-5-6-17(22-15)10-19-23-18(11-24-19)9-16-4-3-14(21-16)7-12(1)20-13/h1-11,19-20,23H. The van der Waals surface area contributed by atoms with Crippen molar-refractivity contribution in [2.45, 2.75) is 5.37 Å². The number of aliphatic imine (C=N–C) groups is 2. The summed E-state index contributed by atoms with van der Waals surface area (Å²) in [6.45, 7) is 0. The highest BCUT2D eigenvalue weighted by atomic mass is 32.2. The first-order chi connectivity index (χ1) is 11.8. The number of hydrogen-bond donors (Lipinski definition) is 2. The summed E-state index contributed by atoms with van der Waals surface area (Å²) in [6.07, 6.45) is 16.5. The van der Waals surface area contributed by atoms with E-state index >= 15 is 0 Å². The zero-order valence-corrected chi connectivity index (χ0v) is 13.5. The molecule has 0 saturated carbocycles. The molecule has 4 aliphatic rings. The molecular weight excluding hydrogens is 316 g/mol. The van der Waals surface area contributed by atoms with Crippen molar-refractivity contribution in [3.8, 4) is 0 Å². The third kappa shape index (κ3) is 2.63. The van der Waals surface area contributed by atoms with Gasteiger partial charge >= 0.3 is 0 Å². The number of H-pyrrole nitrogens is 1. The van der Waals surface area contributed by atoms with Gasteiger partial charge in [0, 0.05) is 16.4 Å². The second-order valence-electron chi connectivity index (χ2n) is 5.83. The van der Waals surface area contributed by atoms with Crippen molar-refractivity contribution < 1.29 is 0 Å². The minimum atomic E-state index is 0.199. The van der Waals surface area contributed by atoms with Gasteiger partial charge in [0.25, 0.3) is 0 Å². The summed E-state index contributed by atoms with van der Waals surface area (Å²) in [5, 5.41) is 7.87. The molecule has 4 aliphatic heterocycles. The molecular formula is C19H14N4S. The van der Waals surface area contributed by atoms with E-state index in [1.54, 1.807) is 11.8 Å². The normalized spacial score (nSPS) is 23.5. The van der Waals surface area contributed by atoms with Gasteiger partial charge in [-0.2, -0.15) is 0 Å². The third-order valence-corrected chi connectivity index (χ3v) is 4.92. The molecule has 5 heteroatoms. The van der Waals surface area contributed by atoms with Crippen molar-refractivity contribution >= 4 is 35.3 Å². The van der Waals surface area contributed by atoms with Crippen molar-refractivity contribution in [3.63, 3.8) is 0 Å². The summed E-state index contributed by atoms with van der Waals surface area (Å²) >= 11 is 1.75. The van der Waals surface area contributed by atoms with Crippen LogP contribution in [0.2, 0.25) is 0 Å². The van der Waals surface area contributed by atoms with Crippen molar-refractivity contribution in [1.82, 2.24) is 10.3 Å². The summed E-state index contributed by atoms with van der Waals surface area (Å²) in [7, 11) is 0. The van der Waals surface area contributed by atoms with Crippen LogP contribution in [-0.4, -0.2) is 21.8 Å². The molecule has 1 unspecified atom stereocenters. The van der Waals surface area contributed by atoms with E-state index in [9.17, 15) is 0 Å². The number of aromatic nitrogens is 1. The lowest BCUT2D eigenvalue weighted by Crippen LogP contribution is -2.17. The van der Waals surface area contributed by atoms with Gasteiger partial charge in [0.2, 0.25) is 0 Å². The number of nitrogens with one attached hydrogen (secondary N) is 2. The van der Waals surface area contributed by atoms with Gasteiger partial charge in [0.15, 0.2) is 0 Å². The Bertz CT molecular complexity index is 1060. The molecule has 0 radical (unpaired) electrons. The van der Waals surface area contributed by atoms with E-state index in [1.165, 1.54) is 0 Å². The SMILES string of the molecule is C1=CC2=NC1=CC1=CSC(C=C3C=CC(=N3)C=c3ccc([nH]3)=C2)N1. The predicted octanol–water partition coefficient (Wildman–Crippen LogP) is 1.88. The number of fused-ring (bicyclic) bond motifs is 6. The Kier molecular flexibility index (Phi) is 3.06. The molecule has 0 spiro atoms. The van der Waals surface area contributed by atoms with Gasteiger partial charge in [-0.3, -0.25) is 0 Å². The van der Waals surface area contributed by atoms with Crippen molar-refractivity contribution in [2.75, 3.05) is 0 Å². The molecule has 116 valence electrons. The molecule has 24 heavy (non-hydrogen) atoms. The van der Waals surface area contributed by atoms with Gasteiger partial charge in [-0.15, -0.1) is 11.8 Å². The quantitative estimate of drug-likeness (QED) is 0.763. The Balaban J connectivity index is 1.65. The summed E-state index contributed by atoms with van der Waals surface area (Å²) in [6, 6.07) is 4.11. The minimum absolute atomic E-state index is 0.199. The molecule has 2 N–H and O–H groups in total. The highest BCUT2D eigenvalue weighted by molar-refractivity contribution is 8.03. The van der Waals surface area contributed by atoms with E-state index in [-0.39, 0.29) is 5.37 Å². The van der Waals surface area contributed by atoms with Gasteiger partial charge in [-0.1, -0.05) is 0 Å². The molecule has 5 rings (SSSR count). The highest BCUT2D eigenvalue weighted by Crippen LogP contribution is 2.26. The lowest BCUT2D eigenvalue weighted by atomic mass is 10.3. The summed E-state index contributed by atoms with van der Waals surface area (Å²) in [4.78, 5) is 12.7. The number of rotatable bonds is 0. The predicted molar refractivity (Wildman–Crippen MR) is 101 cm³/mol. The van der Waals surface area contributed by atoms with Crippen LogP contribution in [0.4, 0.5) is 0 Å². The molecule has 0 saturated heterocycles. The lowest BCUT2D eigenvalue weighted by molar-refractivity contribution is 0.896. The minimum Gasteiger partial charge on any atom is -0.369 e. The van der Waals surface area contributed by atoms with Gasteiger partial charge in [0.1, 0.15) is 0 Å². The van der Waals surface area contributed by atoms with E-state index in [0.717, 1.165) is 39.2 Å². The van der Waals surface area contributed by atoms with Crippen LogP contribution < -0.4 is 16.0 Å². The third-order valence-electron chi connectivity index (χ3n) is 3.98. The first-order valence-corrected chi connectivity index (χ1v) is 8.72. The smallest absolute Gasteiger partial charge is 0.0974 e. The molecule has 1 aromatic rings. The van der Waals surface area contributed by atoms with E-state index in [4.69, 9.17) is 0 Å². The fourth-order valence-electron chi connectivity index (χ4n) is 2.89. The van der Waals surface area contributed by atoms with Gasteiger partial charge < -0.3 is 10.3 Å². The summed E-state index contributed by atoms with van der Waals surface area (Å²) in [5.41, 5.74) is 4.93. The highest BCUT2D eigenvalue weighted by Gasteiger charge is 2.15. The Morgan fingerprint density at radius 2 is 1.54 bits per heavy atom. The maximum Gasteiger partial charge on any atom is 0.0974 e. The van der Waals surface area contributed by atoms with E-state index in [1.807, 2.05) is 24.3 Å². The monoisotopic (exact) mass is 330 g/mol. The van der Waals surface area contributed by atoms with Crippen LogP contribution in [0.25, 0.3) is 12.2 Å². The average molecular weight is 330 g/mol. The van der Waals surface area contributed by atoms with Crippen molar-refractivity contribution in [2.24, 2.45) is 9.98 Å². The van der Waals surface area contributed by atoms with Gasteiger partial charge in [0.05, 0.1) is 28.2 Å². The zero-order valence-electron chi connectivity index (χ0n) is 12.7. The molecule has 0 aromatic carbocycles. The fourth-order valence-corrected chi connectivity index (χ4v) is 3.74. The largest absolute Gasteiger partial charge is 0.369 e. The first kappa shape index (κ1) is 13.6. The van der Waals surface area contributed by atoms with E-state index < -0.39 is 0 Å². The van der Waals surface area contributed by atoms with E-state index in [0.29, 0.717) is 0 Å². The maximum atomic E-state index is 4.66. The van der Waals surface area contributed by atoms with Gasteiger partial charge in [-0.25, -0.2) is 9.98 Å². The number of hydrogen-bond acceptors (Lipinski definition) is 4. The van der Waals surface area contributed by atoms with Crippen LogP contribution in [0, 0.1) is 0 Å². The zero-order chi connectivity index (χ0) is 15.9. The Morgan fingerprint density at radius 3 is 2.33 bits per heavy atom. The maximum absolute atomic E-state index is 4.66. The van der Waals surface area contributed by atoms with Crippen LogP contribution in [0.15, 0.2) is 81.1 Å². The number of nitrogens with zero attached hydrogens (tertiary/aromatic N) is 2. The second kappa shape index (κ2) is 5.39. The van der Waals surface area contributed by atoms with Gasteiger partial charge in [-0.05, 0) is 66.1 Å². The number of thioether (sulfide) groups is 1. The second-order valence-corrected chi connectivity index (χ2v) is 6.85. The molecule has 0 aliphatic carbocycles. The summed E-state index contributed by atoms with van der Waals surface area (Å²) in [5.74, 6) is 0. The Morgan fingerprint density at radius 1 is 0.833 bits per heavy atom. The molecule has 1 aromatic heterocycles. The molecule has 0 fully saturated rings. The average Bonchev–Trinajstić information content (AvgIpc) is 3.32. The molecule has 4 nitrogen and oxygen atoms in total. The molecule has 5 heterocycles. The van der Waals surface area contributed by atoms with Crippen LogP contribution in [0.1, 0.15) is 0 Å². The fraction of sp³-hybridized carbons (Fsp3) is 0.0526. The van der Waals surface area contributed by atoms with Crippen LogP contribution in [-0.2, 0) is 0 Å². The molecule has 0 amide bonds. The van der Waals surface area contributed by atoms with Crippen molar-refractivity contribution in [1.29, 1.82) is 0 Å². The van der Waals surface area contributed by atoms with Crippen LogP contribution in [0.3, 0.4) is 0 Å². The lowest BCUT2D eigenvalue weighted by Gasteiger charge is -2.06. The number of aromatic amines is 1. The molecule has 8 bridgehead atoms. The van der Waals surface area contributed by atoms with Crippen LogP contribution in [0.5, 0.6) is 0 Å². The van der Waals surface area contributed by atoms with Crippen molar-refractivity contribution in [3.05, 3.63) is 81.8 Å². The topological polar surface area (TPSA) is 52.5 Å². The summed E-state index contributed by atoms with van der Waals surface area (Å²) < 4.78 is 0. The molecule has 1 atom stereocenters. The Hall–Kier alpha value is -2.79. The number of allylic oxidation sites excluding steroid dienone is 5. The Labute approximate surface area is 143 Å². The van der Waals surface area contributed by atoms with Crippen LogP contribution >= 0.6 is 11.8 Å².